The number of phenols is 1. The third-order valence-electron chi connectivity index (χ3n) is 4.40. The second kappa shape index (κ2) is 7.43. The highest BCUT2D eigenvalue weighted by Crippen LogP contribution is 2.31. The normalized spacial score (nSPS) is 10.8. The molecule has 0 spiro atoms. The van der Waals surface area contributed by atoms with Crippen LogP contribution in [0.2, 0.25) is 0 Å². The molecule has 5 N–H and O–H groups in total. The van der Waals surface area contributed by atoms with Crippen LogP contribution in [0.4, 0.5) is 22.7 Å². The van der Waals surface area contributed by atoms with Crippen LogP contribution in [-0.4, -0.2) is 15.1 Å². The van der Waals surface area contributed by atoms with Gasteiger partial charge >= 0.3 is 0 Å². The van der Waals surface area contributed by atoms with E-state index in [4.69, 9.17) is 5.73 Å². The molecule has 144 valence electrons. The summed E-state index contributed by atoms with van der Waals surface area (Å²) >= 11 is 0. The number of hydrogen-bond donors (Lipinski definition) is 4. The maximum atomic E-state index is 12.1. The number of aromatic hydroxyl groups is 1. The Kier molecular flexibility index (Phi) is 4.66. The first-order valence-corrected chi connectivity index (χ1v) is 8.82. The van der Waals surface area contributed by atoms with E-state index in [1.807, 2.05) is 12.1 Å². The van der Waals surface area contributed by atoms with Crippen molar-refractivity contribution in [2.45, 2.75) is 6.54 Å². The number of nitrogens with two attached hydrogens (primary N) is 1. The molecule has 0 aliphatic carbocycles. The molecule has 0 aliphatic rings. The highest BCUT2D eigenvalue weighted by atomic mass is 16.3. The van der Waals surface area contributed by atoms with Gasteiger partial charge in [-0.05, 0) is 42.0 Å². The van der Waals surface area contributed by atoms with Gasteiger partial charge in [-0.3, -0.25) is 9.59 Å². The standard InChI is InChI=1S/C21H17N5O3/c22-13-4-1-3-12(9-13)11-25-17-18(20(29)19(17)28)26-14-5-6-16(27)15(10-14)21-23-7-2-8-24-21/h1-10,25-27H,11,22H2. The van der Waals surface area contributed by atoms with Gasteiger partial charge in [0.15, 0.2) is 5.82 Å². The molecule has 0 radical (unpaired) electrons. The van der Waals surface area contributed by atoms with Crippen LogP contribution >= 0.6 is 0 Å². The van der Waals surface area contributed by atoms with Gasteiger partial charge in [0.1, 0.15) is 17.1 Å². The lowest BCUT2D eigenvalue weighted by molar-refractivity contribution is 0.477. The molecule has 0 saturated heterocycles. The molecule has 0 aliphatic heterocycles. The molecule has 29 heavy (non-hydrogen) atoms. The number of benzene rings is 2. The number of aromatic nitrogens is 2. The molecule has 4 rings (SSSR count). The van der Waals surface area contributed by atoms with E-state index in [1.165, 1.54) is 6.07 Å². The Labute approximate surface area is 165 Å². The molecular formula is C21H17N5O3. The van der Waals surface area contributed by atoms with Crippen molar-refractivity contribution in [3.63, 3.8) is 0 Å². The zero-order valence-electron chi connectivity index (χ0n) is 15.2. The maximum absolute atomic E-state index is 12.1. The molecule has 0 amide bonds. The number of rotatable bonds is 6. The van der Waals surface area contributed by atoms with Crippen molar-refractivity contribution in [3.8, 4) is 17.1 Å². The second-order valence-corrected chi connectivity index (χ2v) is 6.44. The Morgan fingerprint density at radius 2 is 1.69 bits per heavy atom. The summed E-state index contributed by atoms with van der Waals surface area (Å²) in [7, 11) is 0. The summed E-state index contributed by atoms with van der Waals surface area (Å²) in [5.74, 6) is 0.352. The lowest BCUT2D eigenvalue weighted by Gasteiger charge is -2.16. The summed E-state index contributed by atoms with van der Waals surface area (Å²) in [6.45, 7) is 0.350. The van der Waals surface area contributed by atoms with Crippen molar-refractivity contribution < 1.29 is 5.11 Å². The minimum Gasteiger partial charge on any atom is -0.507 e. The van der Waals surface area contributed by atoms with Crippen LogP contribution in [0.25, 0.3) is 11.4 Å². The number of anilines is 4. The second-order valence-electron chi connectivity index (χ2n) is 6.44. The summed E-state index contributed by atoms with van der Waals surface area (Å²) in [6.07, 6.45) is 3.13. The van der Waals surface area contributed by atoms with Gasteiger partial charge in [0, 0.05) is 30.3 Å². The Bertz CT molecular complexity index is 1250. The van der Waals surface area contributed by atoms with Gasteiger partial charge in [0.05, 0.1) is 5.56 Å². The van der Waals surface area contributed by atoms with Crippen LogP contribution in [0.1, 0.15) is 5.56 Å². The van der Waals surface area contributed by atoms with Crippen molar-refractivity contribution in [3.05, 3.63) is 86.9 Å². The highest BCUT2D eigenvalue weighted by molar-refractivity contribution is 5.80. The summed E-state index contributed by atoms with van der Waals surface area (Å²) in [5, 5.41) is 16.0. The maximum Gasteiger partial charge on any atom is 0.253 e. The Morgan fingerprint density at radius 1 is 0.931 bits per heavy atom. The highest BCUT2D eigenvalue weighted by Gasteiger charge is 2.21. The van der Waals surface area contributed by atoms with Crippen molar-refractivity contribution in [2.24, 2.45) is 0 Å². The van der Waals surface area contributed by atoms with Crippen molar-refractivity contribution in [2.75, 3.05) is 16.4 Å². The average molecular weight is 387 g/mol. The summed E-state index contributed by atoms with van der Waals surface area (Å²) < 4.78 is 0. The minimum absolute atomic E-state index is 0.00626. The smallest absolute Gasteiger partial charge is 0.253 e. The first kappa shape index (κ1) is 18.2. The fraction of sp³-hybridized carbons (Fsp3) is 0.0476. The largest absolute Gasteiger partial charge is 0.507 e. The third-order valence-corrected chi connectivity index (χ3v) is 4.40. The zero-order valence-corrected chi connectivity index (χ0v) is 15.2. The molecule has 4 aromatic rings. The van der Waals surface area contributed by atoms with Crippen LogP contribution in [0, 0.1) is 0 Å². The molecule has 3 aromatic carbocycles. The first-order valence-electron chi connectivity index (χ1n) is 8.82. The summed E-state index contributed by atoms with van der Waals surface area (Å²) in [6, 6.07) is 13.6. The van der Waals surface area contributed by atoms with Crippen LogP contribution in [0.15, 0.2) is 70.5 Å². The van der Waals surface area contributed by atoms with Gasteiger partial charge in [-0.1, -0.05) is 12.1 Å². The van der Waals surface area contributed by atoms with Gasteiger partial charge in [0.25, 0.3) is 10.9 Å². The van der Waals surface area contributed by atoms with Crippen LogP contribution < -0.4 is 27.2 Å². The SMILES string of the molecule is Nc1cccc(CNc2c(Nc3ccc(O)c(-c4ncccn4)c3)c(=O)c2=O)c1. The van der Waals surface area contributed by atoms with Crippen molar-refractivity contribution in [1.29, 1.82) is 0 Å². The lowest BCUT2D eigenvalue weighted by Crippen LogP contribution is -2.36. The van der Waals surface area contributed by atoms with Gasteiger partial charge < -0.3 is 21.5 Å². The van der Waals surface area contributed by atoms with E-state index in [-0.39, 0.29) is 17.1 Å². The van der Waals surface area contributed by atoms with Crippen LogP contribution in [0.5, 0.6) is 5.75 Å². The quantitative estimate of drug-likeness (QED) is 0.225. The lowest BCUT2D eigenvalue weighted by atomic mass is 10.1. The topological polar surface area (TPSA) is 130 Å². The van der Waals surface area contributed by atoms with Gasteiger partial charge in [-0.15, -0.1) is 0 Å². The Morgan fingerprint density at radius 3 is 2.45 bits per heavy atom. The van der Waals surface area contributed by atoms with E-state index in [0.717, 1.165) is 5.56 Å². The number of nitrogens with zero attached hydrogens (tertiary/aromatic N) is 2. The Hall–Kier alpha value is -4.20. The van der Waals surface area contributed by atoms with E-state index in [2.05, 4.69) is 20.6 Å². The number of nitrogens with one attached hydrogen (secondary N) is 2. The summed E-state index contributed by atoms with van der Waals surface area (Å²) in [5.41, 5.74) is 7.38. The predicted octanol–water partition coefficient (Wildman–Crippen LogP) is 2.38. The fourth-order valence-corrected chi connectivity index (χ4v) is 2.95. The Balaban J connectivity index is 1.57. The van der Waals surface area contributed by atoms with Gasteiger partial charge in [0.2, 0.25) is 0 Å². The molecule has 0 unspecified atom stereocenters. The van der Waals surface area contributed by atoms with Crippen LogP contribution in [0.3, 0.4) is 0 Å². The van der Waals surface area contributed by atoms with E-state index in [0.29, 0.717) is 29.3 Å². The van der Waals surface area contributed by atoms with E-state index in [9.17, 15) is 14.7 Å². The third kappa shape index (κ3) is 3.63. The van der Waals surface area contributed by atoms with Crippen molar-refractivity contribution >= 4 is 22.7 Å². The molecule has 8 nitrogen and oxygen atoms in total. The predicted molar refractivity (Wildman–Crippen MR) is 112 cm³/mol. The molecule has 0 bridgehead atoms. The zero-order chi connectivity index (χ0) is 20.4. The molecule has 1 heterocycles. The molecule has 8 heteroatoms. The molecule has 1 aromatic heterocycles. The number of nitrogen functional groups attached to an aromatic ring is 1. The molecule has 0 atom stereocenters. The van der Waals surface area contributed by atoms with Crippen LogP contribution in [-0.2, 0) is 6.54 Å². The average Bonchev–Trinajstić information content (AvgIpc) is 2.74. The van der Waals surface area contributed by atoms with Gasteiger partial charge in [-0.2, -0.15) is 0 Å². The number of phenolic OH excluding ortho intramolecular Hbond substituents is 1. The van der Waals surface area contributed by atoms with E-state index < -0.39 is 10.9 Å². The van der Waals surface area contributed by atoms with Crippen molar-refractivity contribution in [1.82, 2.24) is 9.97 Å². The minimum atomic E-state index is -0.606. The monoisotopic (exact) mass is 387 g/mol. The van der Waals surface area contributed by atoms with E-state index >= 15 is 0 Å². The molecular weight excluding hydrogens is 370 g/mol. The summed E-state index contributed by atoms with van der Waals surface area (Å²) in [4.78, 5) is 32.3. The molecule has 0 fully saturated rings. The first-order chi connectivity index (χ1) is 14.0. The van der Waals surface area contributed by atoms with Gasteiger partial charge in [-0.25, -0.2) is 9.97 Å². The van der Waals surface area contributed by atoms with E-state index in [1.54, 1.807) is 42.7 Å². The fourth-order valence-electron chi connectivity index (χ4n) is 2.95. The number of hydrogen-bond acceptors (Lipinski definition) is 8. The molecule has 0 saturated carbocycles.